The maximum Gasteiger partial charge on any atom is 0.256 e. The normalized spacial score (nSPS) is 10.5. The second-order valence-corrected chi connectivity index (χ2v) is 5.21. The third-order valence-electron chi connectivity index (χ3n) is 2.70. The molecule has 0 saturated heterocycles. The van der Waals surface area contributed by atoms with E-state index in [1.165, 1.54) is 17.0 Å². The van der Waals surface area contributed by atoms with Gasteiger partial charge in [0.25, 0.3) is 5.91 Å². The maximum atomic E-state index is 13.7. The van der Waals surface area contributed by atoms with Crippen molar-refractivity contribution < 1.29 is 13.6 Å². The van der Waals surface area contributed by atoms with Crippen LogP contribution in [0.4, 0.5) is 4.39 Å². The molecule has 0 fully saturated rings. The van der Waals surface area contributed by atoms with Crippen molar-refractivity contribution in [2.24, 2.45) is 0 Å². The smallest absolute Gasteiger partial charge is 0.256 e. The van der Waals surface area contributed by atoms with Gasteiger partial charge in [-0.1, -0.05) is 15.9 Å². The maximum absolute atomic E-state index is 13.7. The molecule has 0 aliphatic rings. The van der Waals surface area contributed by atoms with E-state index in [1.54, 1.807) is 19.2 Å². The second-order valence-electron chi connectivity index (χ2n) is 4.30. The van der Waals surface area contributed by atoms with Crippen LogP contribution in [0.3, 0.4) is 0 Å². The fraction of sp³-hybridized carbons (Fsp3) is 0.214. The first-order chi connectivity index (χ1) is 8.97. The molecule has 0 spiro atoms. The van der Waals surface area contributed by atoms with E-state index in [0.29, 0.717) is 16.8 Å². The average Bonchev–Trinajstić information content (AvgIpc) is 2.74. The number of hydrogen-bond acceptors (Lipinski definition) is 2. The quantitative estimate of drug-likeness (QED) is 0.860. The van der Waals surface area contributed by atoms with E-state index in [-0.39, 0.29) is 11.5 Å². The van der Waals surface area contributed by atoms with E-state index in [2.05, 4.69) is 15.9 Å². The zero-order chi connectivity index (χ0) is 14.0. The number of carbonyl (C=O) groups is 1. The summed E-state index contributed by atoms with van der Waals surface area (Å²) in [5.41, 5.74) is 0.0500. The fourth-order valence-corrected chi connectivity index (χ4v) is 2.08. The molecule has 0 radical (unpaired) electrons. The van der Waals surface area contributed by atoms with Gasteiger partial charge in [-0.05, 0) is 37.3 Å². The predicted molar refractivity (Wildman–Crippen MR) is 73.3 cm³/mol. The lowest BCUT2D eigenvalue weighted by molar-refractivity contribution is 0.0770. The van der Waals surface area contributed by atoms with Gasteiger partial charge in [-0.15, -0.1) is 0 Å². The van der Waals surface area contributed by atoms with Crippen molar-refractivity contribution in [3.05, 3.63) is 57.7 Å². The highest BCUT2D eigenvalue weighted by Gasteiger charge is 2.17. The first kappa shape index (κ1) is 13.8. The van der Waals surface area contributed by atoms with E-state index in [1.807, 2.05) is 13.0 Å². The molecule has 1 amide bonds. The van der Waals surface area contributed by atoms with Gasteiger partial charge in [0, 0.05) is 11.5 Å². The summed E-state index contributed by atoms with van der Waals surface area (Å²) in [6, 6.07) is 8.01. The van der Waals surface area contributed by atoms with E-state index in [4.69, 9.17) is 4.42 Å². The lowest BCUT2D eigenvalue weighted by Crippen LogP contribution is -2.26. The molecule has 0 atom stereocenters. The van der Waals surface area contributed by atoms with Crippen molar-refractivity contribution in [2.75, 3.05) is 7.05 Å². The summed E-state index contributed by atoms with van der Waals surface area (Å²) in [7, 11) is 1.61. The lowest BCUT2D eigenvalue weighted by Gasteiger charge is -2.16. The molecule has 0 N–H and O–H groups in total. The van der Waals surface area contributed by atoms with Crippen molar-refractivity contribution in [1.29, 1.82) is 0 Å². The number of benzene rings is 1. The van der Waals surface area contributed by atoms with Crippen molar-refractivity contribution in [3.63, 3.8) is 0 Å². The highest BCUT2D eigenvalue weighted by molar-refractivity contribution is 9.10. The van der Waals surface area contributed by atoms with Crippen LogP contribution in [-0.4, -0.2) is 17.9 Å². The summed E-state index contributed by atoms with van der Waals surface area (Å²) in [5.74, 6) is 0.539. The number of hydrogen-bond donors (Lipinski definition) is 0. The summed E-state index contributed by atoms with van der Waals surface area (Å²) in [5, 5.41) is 0. The highest BCUT2D eigenvalue weighted by atomic mass is 79.9. The van der Waals surface area contributed by atoms with Gasteiger partial charge < -0.3 is 9.32 Å². The molecule has 2 aromatic rings. The Kier molecular flexibility index (Phi) is 4.04. The van der Waals surface area contributed by atoms with Crippen LogP contribution in [0, 0.1) is 12.7 Å². The molecular weight excluding hydrogens is 313 g/mol. The minimum Gasteiger partial charge on any atom is -0.464 e. The molecule has 0 aliphatic carbocycles. The van der Waals surface area contributed by atoms with Crippen LogP contribution in [0.5, 0.6) is 0 Å². The topological polar surface area (TPSA) is 33.5 Å². The first-order valence-electron chi connectivity index (χ1n) is 5.73. The Morgan fingerprint density at radius 1 is 1.37 bits per heavy atom. The second kappa shape index (κ2) is 5.57. The highest BCUT2D eigenvalue weighted by Crippen LogP contribution is 2.17. The Morgan fingerprint density at radius 2 is 2.11 bits per heavy atom. The molecule has 0 saturated carbocycles. The number of nitrogens with zero attached hydrogens (tertiary/aromatic N) is 1. The molecular formula is C14H13BrFNO2. The molecule has 0 aliphatic heterocycles. The van der Waals surface area contributed by atoms with E-state index in [9.17, 15) is 9.18 Å². The third-order valence-corrected chi connectivity index (χ3v) is 3.19. The summed E-state index contributed by atoms with van der Waals surface area (Å²) in [4.78, 5) is 13.5. The van der Waals surface area contributed by atoms with E-state index in [0.717, 1.165) is 5.76 Å². The van der Waals surface area contributed by atoms with Gasteiger partial charge in [0.15, 0.2) is 0 Å². The molecule has 2 rings (SSSR count). The number of rotatable bonds is 3. The van der Waals surface area contributed by atoms with E-state index >= 15 is 0 Å². The molecule has 1 aromatic heterocycles. The zero-order valence-electron chi connectivity index (χ0n) is 10.6. The van der Waals surface area contributed by atoms with Crippen LogP contribution >= 0.6 is 15.9 Å². The minimum atomic E-state index is -0.540. The molecule has 100 valence electrons. The van der Waals surface area contributed by atoms with Crippen LogP contribution in [0.1, 0.15) is 21.9 Å². The number of aryl methyl sites for hydroxylation is 1. The molecule has 0 unspecified atom stereocenters. The average molecular weight is 326 g/mol. The Morgan fingerprint density at radius 3 is 2.68 bits per heavy atom. The zero-order valence-corrected chi connectivity index (χ0v) is 12.2. The minimum absolute atomic E-state index is 0.0500. The number of furan rings is 1. The summed E-state index contributed by atoms with van der Waals surface area (Å²) < 4.78 is 19.7. The van der Waals surface area contributed by atoms with E-state index < -0.39 is 5.82 Å². The summed E-state index contributed by atoms with van der Waals surface area (Å²) in [6.45, 7) is 2.14. The molecule has 1 heterocycles. The van der Waals surface area contributed by atoms with Gasteiger partial charge >= 0.3 is 0 Å². The molecule has 5 heteroatoms. The van der Waals surface area contributed by atoms with Crippen LogP contribution in [0.15, 0.2) is 39.2 Å². The van der Waals surface area contributed by atoms with Gasteiger partial charge in [0.2, 0.25) is 0 Å². The van der Waals surface area contributed by atoms with Crippen LogP contribution in [0.2, 0.25) is 0 Å². The molecule has 0 bridgehead atoms. The van der Waals surface area contributed by atoms with Crippen molar-refractivity contribution in [2.45, 2.75) is 13.5 Å². The molecule has 19 heavy (non-hydrogen) atoms. The summed E-state index contributed by atoms with van der Waals surface area (Å²) in [6.07, 6.45) is 0. The van der Waals surface area contributed by atoms with Gasteiger partial charge in [-0.25, -0.2) is 4.39 Å². The van der Waals surface area contributed by atoms with Crippen LogP contribution in [0.25, 0.3) is 0 Å². The fourth-order valence-electron chi connectivity index (χ4n) is 1.74. The lowest BCUT2D eigenvalue weighted by atomic mass is 10.2. The largest absolute Gasteiger partial charge is 0.464 e. The van der Waals surface area contributed by atoms with Gasteiger partial charge in [-0.2, -0.15) is 0 Å². The van der Waals surface area contributed by atoms with Crippen LogP contribution < -0.4 is 0 Å². The van der Waals surface area contributed by atoms with Gasteiger partial charge in [0.05, 0.1) is 12.1 Å². The monoisotopic (exact) mass is 325 g/mol. The van der Waals surface area contributed by atoms with Crippen LogP contribution in [-0.2, 0) is 6.54 Å². The van der Waals surface area contributed by atoms with Gasteiger partial charge in [-0.3, -0.25) is 4.79 Å². The molecule has 3 nitrogen and oxygen atoms in total. The Balaban J connectivity index is 2.14. The first-order valence-corrected chi connectivity index (χ1v) is 6.52. The predicted octanol–water partition coefficient (Wildman–Crippen LogP) is 3.76. The van der Waals surface area contributed by atoms with Crippen molar-refractivity contribution >= 4 is 21.8 Å². The van der Waals surface area contributed by atoms with Gasteiger partial charge in [0.1, 0.15) is 17.3 Å². The molecule has 1 aromatic carbocycles. The van der Waals surface area contributed by atoms with Crippen molar-refractivity contribution in [1.82, 2.24) is 4.90 Å². The Bertz CT molecular complexity index is 609. The van der Waals surface area contributed by atoms with Crippen molar-refractivity contribution in [3.8, 4) is 0 Å². The standard InChI is InChI=1S/C14H13BrFNO2/c1-9-3-5-11(19-9)8-17(2)14(18)12-6-4-10(15)7-13(12)16/h3-7H,8H2,1-2H3. The number of halogens is 2. The third kappa shape index (κ3) is 3.23. The number of amides is 1. The SMILES string of the molecule is Cc1ccc(CN(C)C(=O)c2ccc(Br)cc2F)o1. The Labute approximate surface area is 119 Å². The Hall–Kier alpha value is -1.62. The summed E-state index contributed by atoms with van der Waals surface area (Å²) >= 11 is 3.16. The number of carbonyl (C=O) groups excluding carboxylic acids is 1.